The van der Waals surface area contributed by atoms with Gasteiger partial charge < -0.3 is 20.1 Å². The van der Waals surface area contributed by atoms with Crippen LogP contribution < -0.4 is 20.1 Å². The average molecular weight is 583 g/mol. The highest BCUT2D eigenvalue weighted by Crippen LogP contribution is 2.36. The first-order chi connectivity index (χ1) is 21.2. The molecule has 0 saturated carbocycles. The third-order valence-corrected chi connectivity index (χ3v) is 8.04. The van der Waals surface area contributed by atoms with Crippen molar-refractivity contribution >= 4 is 56.2 Å². The molecule has 0 radical (unpaired) electrons. The number of thiophene rings is 1. The largest absolute Gasteiger partial charge is 0.497 e. The van der Waals surface area contributed by atoms with Gasteiger partial charge >= 0.3 is 0 Å². The molecule has 7 rings (SSSR count). The molecule has 0 fully saturated rings. The summed E-state index contributed by atoms with van der Waals surface area (Å²) in [5.41, 5.74) is 3.52. The van der Waals surface area contributed by atoms with Crippen molar-refractivity contribution in [1.82, 2.24) is 19.9 Å². The zero-order chi connectivity index (χ0) is 29.2. The quantitative estimate of drug-likeness (QED) is 0.184. The number of nitrogens with one attached hydrogen (secondary N) is 2. The van der Waals surface area contributed by atoms with Crippen molar-refractivity contribution in [3.8, 4) is 32.9 Å². The molecule has 0 bridgehead atoms. The second kappa shape index (κ2) is 11.4. The smallest absolute Gasteiger partial charge is 0.172 e. The van der Waals surface area contributed by atoms with Crippen LogP contribution in [0.15, 0.2) is 109 Å². The summed E-state index contributed by atoms with van der Waals surface area (Å²) in [6.45, 7) is 0. The van der Waals surface area contributed by atoms with E-state index in [9.17, 15) is 0 Å². The van der Waals surface area contributed by atoms with Gasteiger partial charge in [-0.25, -0.2) is 19.9 Å². The Hall–Kier alpha value is -5.54. The van der Waals surface area contributed by atoms with Crippen LogP contribution in [0.1, 0.15) is 0 Å². The number of methoxy groups -OCH3 is 2. The van der Waals surface area contributed by atoms with Crippen molar-refractivity contribution in [2.45, 2.75) is 0 Å². The Morgan fingerprint density at radius 1 is 0.488 bits per heavy atom. The number of para-hydroxylation sites is 2. The molecule has 0 atom stereocenters. The van der Waals surface area contributed by atoms with E-state index >= 15 is 0 Å². The van der Waals surface area contributed by atoms with Crippen LogP contribution in [0.5, 0.6) is 11.5 Å². The van der Waals surface area contributed by atoms with Crippen LogP contribution in [-0.2, 0) is 0 Å². The van der Waals surface area contributed by atoms with E-state index < -0.39 is 0 Å². The molecule has 0 unspecified atom stereocenters. The summed E-state index contributed by atoms with van der Waals surface area (Å²) in [5.74, 6) is 4.31. The van der Waals surface area contributed by atoms with Crippen molar-refractivity contribution < 1.29 is 9.47 Å². The summed E-state index contributed by atoms with van der Waals surface area (Å²) in [5, 5.41) is 8.80. The van der Waals surface area contributed by atoms with Crippen LogP contribution in [0.2, 0.25) is 0 Å². The summed E-state index contributed by atoms with van der Waals surface area (Å²) in [6.07, 6.45) is 0. The second-order valence-corrected chi connectivity index (χ2v) is 10.8. The second-order valence-electron chi connectivity index (χ2n) is 9.70. The van der Waals surface area contributed by atoms with Gasteiger partial charge in [0.05, 0.1) is 35.0 Å². The Labute approximate surface area is 252 Å². The molecule has 0 saturated heterocycles. The Kier molecular flexibility index (Phi) is 6.98. The molecule has 0 aliphatic carbocycles. The summed E-state index contributed by atoms with van der Waals surface area (Å²) in [4.78, 5) is 21.5. The molecule has 0 aliphatic heterocycles. The van der Waals surface area contributed by atoms with Gasteiger partial charge in [0, 0.05) is 22.1 Å². The number of aromatic nitrogens is 4. The van der Waals surface area contributed by atoms with Crippen LogP contribution in [-0.4, -0.2) is 34.2 Å². The van der Waals surface area contributed by atoms with E-state index in [-0.39, 0.29) is 0 Å². The van der Waals surface area contributed by atoms with Crippen LogP contribution in [0.4, 0.5) is 23.0 Å². The molecule has 3 heterocycles. The number of benzene rings is 4. The van der Waals surface area contributed by atoms with Crippen molar-refractivity contribution in [3.63, 3.8) is 0 Å². The van der Waals surface area contributed by atoms with Gasteiger partial charge in [-0.2, -0.15) is 0 Å². The Bertz CT molecular complexity index is 1910. The van der Waals surface area contributed by atoms with Crippen LogP contribution in [0, 0.1) is 0 Å². The van der Waals surface area contributed by atoms with Gasteiger partial charge in [-0.15, -0.1) is 11.3 Å². The topological polar surface area (TPSA) is 94.1 Å². The van der Waals surface area contributed by atoms with Gasteiger partial charge in [-0.3, -0.25) is 0 Å². The molecule has 0 spiro atoms. The number of anilines is 4. The molecule has 210 valence electrons. The van der Waals surface area contributed by atoms with Gasteiger partial charge in [0.1, 0.15) is 23.1 Å². The maximum Gasteiger partial charge on any atom is 0.172 e. The zero-order valence-corrected chi connectivity index (χ0v) is 24.2. The summed E-state index contributed by atoms with van der Waals surface area (Å²) >= 11 is 1.56. The average Bonchev–Trinajstić information content (AvgIpc) is 3.56. The third kappa shape index (κ3) is 5.41. The lowest BCUT2D eigenvalue weighted by atomic mass is 10.2. The molecule has 2 N–H and O–H groups in total. The van der Waals surface area contributed by atoms with E-state index in [2.05, 4.69) is 10.6 Å². The van der Waals surface area contributed by atoms with Crippen LogP contribution in [0.3, 0.4) is 0 Å². The van der Waals surface area contributed by atoms with Gasteiger partial charge in [-0.1, -0.05) is 24.3 Å². The van der Waals surface area contributed by atoms with Gasteiger partial charge in [0.25, 0.3) is 0 Å². The maximum atomic E-state index is 5.30. The lowest BCUT2D eigenvalue weighted by Gasteiger charge is -2.11. The molecule has 7 aromatic rings. The Balaban J connectivity index is 1.25. The SMILES string of the molecule is COc1ccc(Nc2nc(-c3ccc(-c4nc(Nc5ccc(OC)cc5)c5ccccc5n4)s3)nc3ccccc23)cc1. The number of rotatable bonds is 8. The number of hydrogen-bond donors (Lipinski definition) is 2. The predicted octanol–water partition coefficient (Wildman–Crippen LogP) is 8.47. The highest BCUT2D eigenvalue weighted by molar-refractivity contribution is 7.18. The molecule has 0 aliphatic rings. The monoisotopic (exact) mass is 582 g/mol. The fraction of sp³-hybridized carbons (Fsp3) is 0.0588. The molecule has 3 aromatic heterocycles. The molecule has 43 heavy (non-hydrogen) atoms. The minimum atomic E-state index is 0.628. The molecule has 0 amide bonds. The van der Waals surface area contributed by atoms with Crippen LogP contribution in [0.25, 0.3) is 43.2 Å². The fourth-order valence-corrected chi connectivity index (χ4v) is 5.64. The Morgan fingerprint density at radius 3 is 1.33 bits per heavy atom. The summed E-state index contributed by atoms with van der Waals surface area (Å²) in [6, 6.07) is 35.6. The molecular weight excluding hydrogens is 556 g/mol. The van der Waals surface area contributed by atoms with Crippen molar-refractivity contribution in [1.29, 1.82) is 0 Å². The highest BCUT2D eigenvalue weighted by atomic mass is 32.1. The number of nitrogens with zero attached hydrogens (tertiary/aromatic N) is 4. The number of hydrogen-bond acceptors (Lipinski definition) is 9. The van der Waals surface area contributed by atoms with E-state index in [1.807, 2.05) is 109 Å². The fourth-order valence-electron chi connectivity index (χ4n) is 4.76. The molecule has 9 heteroatoms. The van der Waals surface area contributed by atoms with E-state index in [1.165, 1.54) is 0 Å². The molecule has 8 nitrogen and oxygen atoms in total. The lowest BCUT2D eigenvalue weighted by Crippen LogP contribution is -1.99. The van der Waals surface area contributed by atoms with Gasteiger partial charge in [-0.05, 0) is 84.9 Å². The first-order valence-electron chi connectivity index (χ1n) is 13.6. The molecular formula is C34H26N6O2S. The minimum absolute atomic E-state index is 0.628. The van der Waals surface area contributed by atoms with E-state index in [0.717, 1.165) is 66.1 Å². The first kappa shape index (κ1) is 26.4. The normalized spacial score (nSPS) is 11.0. The number of fused-ring (bicyclic) bond motifs is 2. The van der Waals surface area contributed by atoms with Crippen LogP contribution >= 0.6 is 11.3 Å². The highest BCUT2D eigenvalue weighted by Gasteiger charge is 2.16. The zero-order valence-electron chi connectivity index (χ0n) is 23.4. The predicted molar refractivity (Wildman–Crippen MR) is 174 cm³/mol. The third-order valence-electron chi connectivity index (χ3n) is 6.96. The van der Waals surface area contributed by atoms with Crippen molar-refractivity contribution in [2.75, 3.05) is 24.9 Å². The van der Waals surface area contributed by atoms with Crippen molar-refractivity contribution in [2.24, 2.45) is 0 Å². The Morgan fingerprint density at radius 2 is 0.907 bits per heavy atom. The number of ether oxygens (including phenoxy) is 2. The first-order valence-corrected chi connectivity index (χ1v) is 14.4. The van der Waals surface area contributed by atoms with Crippen molar-refractivity contribution in [3.05, 3.63) is 109 Å². The standard InChI is InChI=1S/C34H26N6O2S/c1-41-23-15-11-21(12-16-23)35-31-25-7-3-5-9-27(25)37-33(39-31)29-19-20-30(43-29)34-38-28-10-6-4-8-26(28)32(40-34)36-22-13-17-24(42-2)18-14-22/h3-20H,1-2H3,(H,35,37,39)(H,36,38,40). The molecule has 4 aromatic carbocycles. The summed E-state index contributed by atoms with van der Waals surface area (Å²) < 4.78 is 10.6. The maximum absolute atomic E-state index is 5.30. The van der Waals surface area contributed by atoms with Gasteiger partial charge in [0.2, 0.25) is 0 Å². The van der Waals surface area contributed by atoms with E-state index in [0.29, 0.717) is 11.6 Å². The minimum Gasteiger partial charge on any atom is -0.497 e. The lowest BCUT2D eigenvalue weighted by molar-refractivity contribution is 0.415. The van der Waals surface area contributed by atoms with Gasteiger partial charge in [0.15, 0.2) is 11.6 Å². The van der Waals surface area contributed by atoms with E-state index in [1.54, 1.807) is 25.6 Å². The van der Waals surface area contributed by atoms with E-state index in [4.69, 9.17) is 29.4 Å². The summed E-state index contributed by atoms with van der Waals surface area (Å²) in [7, 11) is 3.31.